The van der Waals surface area contributed by atoms with E-state index in [1.54, 1.807) is 0 Å². The zero-order chi connectivity index (χ0) is 15.2. The van der Waals surface area contributed by atoms with Crippen molar-refractivity contribution in [3.63, 3.8) is 0 Å². The van der Waals surface area contributed by atoms with Crippen LogP contribution in [0.4, 0.5) is 5.69 Å². The van der Waals surface area contributed by atoms with Gasteiger partial charge in [0.2, 0.25) is 0 Å². The summed E-state index contributed by atoms with van der Waals surface area (Å²) in [7, 11) is 0. The Morgan fingerprint density at radius 1 is 1.18 bits per heavy atom. The van der Waals surface area contributed by atoms with Crippen molar-refractivity contribution < 1.29 is 0 Å². The fraction of sp³-hybridized carbons (Fsp3) is 0.500. The van der Waals surface area contributed by atoms with Gasteiger partial charge in [-0.3, -0.25) is 0 Å². The first-order valence-corrected chi connectivity index (χ1v) is 8.36. The number of nitrogens with zero attached hydrogens (tertiary/aromatic N) is 2. The molecule has 1 saturated carbocycles. The number of benzene rings is 1. The number of nitrogens with two attached hydrogens (primary N) is 1. The molecule has 3 N–H and O–H groups in total. The fourth-order valence-corrected chi connectivity index (χ4v) is 3.22. The van der Waals surface area contributed by atoms with Crippen LogP contribution in [0.2, 0.25) is 0 Å². The largest absolute Gasteiger partial charge is 0.370 e. The third-order valence-electron chi connectivity index (χ3n) is 4.48. The molecule has 1 aliphatic carbocycles. The topological polar surface area (TPSA) is 53.6 Å². The molecular weight excluding hydrogens is 272 g/mol. The van der Waals surface area contributed by atoms with E-state index in [2.05, 4.69) is 51.6 Å². The summed E-state index contributed by atoms with van der Waals surface area (Å²) in [6, 6.07) is 9.10. The van der Waals surface area contributed by atoms with Crippen LogP contribution in [0, 0.1) is 0 Å². The summed E-state index contributed by atoms with van der Waals surface area (Å²) in [6.45, 7) is 2.64. The lowest BCUT2D eigenvalue weighted by Gasteiger charge is -2.23. The minimum absolute atomic E-state index is 0.513. The van der Waals surface area contributed by atoms with Crippen molar-refractivity contribution >= 4 is 11.6 Å². The van der Waals surface area contributed by atoms with E-state index in [0.717, 1.165) is 13.1 Å². The maximum Gasteiger partial charge on any atom is 0.189 e. The highest BCUT2D eigenvalue weighted by Gasteiger charge is 2.13. The smallest absolute Gasteiger partial charge is 0.189 e. The Balaban J connectivity index is 1.55. The molecule has 1 aromatic rings. The lowest BCUT2D eigenvalue weighted by atomic mass is 9.96. The third-order valence-corrected chi connectivity index (χ3v) is 4.48. The Labute approximate surface area is 133 Å². The molecule has 0 bridgehead atoms. The Morgan fingerprint density at radius 3 is 2.73 bits per heavy atom. The fourth-order valence-electron chi connectivity index (χ4n) is 3.22. The van der Waals surface area contributed by atoms with E-state index in [1.807, 2.05) is 0 Å². The van der Waals surface area contributed by atoms with Crippen molar-refractivity contribution in [1.29, 1.82) is 0 Å². The Hall–Kier alpha value is -1.97. The van der Waals surface area contributed by atoms with E-state index in [9.17, 15) is 0 Å². The number of aliphatic imine (C=N–C) groups is 1. The number of guanidine groups is 1. The van der Waals surface area contributed by atoms with Gasteiger partial charge in [-0.15, -0.1) is 0 Å². The van der Waals surface area contributed by atoms with Crippen molar-refractivity contribution in [1.82, 2.24) is 5.32 Å². The van der Waals surface area contributed by atoms with E-state index >= 15 is 0 Å². The third kappa shape index (κ3) is 4.03. The molecule has 1 heterocycles. The van der Waals surface area contributed by atoms with Crippen LogP contribution in [0.5, 0.6) is 0 Å². The lowest BCUT2D eigenvalue weighted by Crippen LogP contribution is -2.41. The van der Waals surface area contributed by atoms with Gasteiger partial charge in [-0.2, -0.15) is 0 Å². The number of hydrogen-bond acceptors (Lipinski definition) is 2. The van der Waals surface area contributed by atoms with Gasteiger partial charge in [0.15, 0.2) is 5.96 Å². The Bertz CT molecular complexity index is 536. The van der Waals surface area contributed by atoms with Gasteiger partial charge in [0.1, 0.15) is 0 Å². The first kappa shape index (κ1) is 14.9. The van der Waals surface area contributed by atoms with E-state index in [4.69, 9.17) is 5.73 Å². The zero-order valence-electron chi connectivity index (χ0n) is 13.2. The van der Waals surface area contributed by atoms with Gasteiger partial charge in [0.25, 0.3) is 0 Å². The molecule has 0 aromatic heterocycles. The van der Waals surface area contributed by atoms with E-state index in [0.29, 0.717) is 18.5 Å². The van der Waals surface area contributed by atoms with Gasteiger partial charge in [-0.1, -0.05) is 43.5 Å². The molecule has 3 rings (SSSR count). The molecule has 0 atom stereocenters. The van der Waals surface area contributed by atoms with Crippen LogP contribution in [-0.2, 0) is 6.54 Å². The first-order chi connectivity index (χ1) is 10.8. The highest BCUT2D eigenvalue weighted by molar-refractivity contribution is 5.78. The van der Waals surface area contributed by atoms with Gasteiger partial charge in [-0.05, 0) is 30.5 Å². The lowest BCUT2D eigenvalue weighted by molar-refractivity contribution is 0.412. The number of nitrogens with one attached hydrogen (secondary N) is 1. The molecule has 2 aliphatic rings. The van der Waals surface area contributed by atoms with Crippen LogP contribution in [0.25, 0.3) is 0 Å². The number of rotatable bonds is 4. The van der Waals surface area contributed by atoms with Crippen molar-refractivity contribution in [2.24, 2.45) is 10.7 Å². The van der Waals surface area contributed by atoms with Crippen molar-refractivity contribution in [3.05, 3.63) is 42.0 Å². The summed E-state index contributed by atoms with van der Waals surface area (Å²) in [5.41, 5.74) is 8.50. The van der Waals surface area contributed by atoms with Crippen LogP contribution in [0.1, 0.15) is 37.7 Å². The van der Waals surface area contributed by atoms with E-state index < -0.39 is 0 Å². The van der Waals surface area contributed by atoms with Crippen LogP contribution in [0.3, 0.4) is 0 Å². The molecule has 1 aromatic carbocycles. The van der Waals surface area contributed by atoms with Crippen LogP contribution in [0.15, 0.2) is 41.4 Å². The standard InChI is InChI=1S/C18H26N4/c19-18(21-16-8-2-1-3-9-16)20-14-15-7-6-10-17(13-15)22-11-4-5-12-22/h4-7,10,13,16H,1-3,8-9,11-12,14H2,(H3,19,20,21). The first-order valence-electron chi connectivity index (χ1n) is 8.36. The normalized spacial score (nSPS) is 19.6. The summed E-state index contributed by atoms with van der Waals surface area (Å²) in [4.78, 5) is 6.85. The van der Waals surface area contributed by atoms with Gasteiger partial charge in [-0.25, -0.2) is 4.99 Å². The average Bonchev–Trinajstić information content (AvgIpc) is 3.09. The van der Waals surface area contributed by atoms with E-state index in [-0.39, 0.29) is 0 Å². The molecule has 0 spiro atoms. The minimum atomic E-state index is 0.513. The van der Waals surface area contributed by atoms with Crippen LogP contribution < -0.4 is 16.0 Å². The summed E-state index contributed by atoms with van der Waals surface area (Å²) in [5.74, 6) is 0.583. The van der Waals surface area contributed by atoms with Gasteiger partial charge in [0, 0.05) is 24.8 Å². The second-order valence-corrected chi connectivity index (χ2v) is 6.23. The van der Waals surface area contributed by atoms with Crippen molar-refractivity contribution in [3.8, 4) is 0 Å². The summed E-state index contributed by atoms with van der Waals surface area (Å²) < 4.78 is 0. The number of hydrogen-bond donors (Lipinski definition) is 2. The highest BCUT2D eigenvalue weighted by atomic mass is 15.1. The van der Waals surface area contributed by atoms with Crippen LogP contribution in [-0.4, -0.2) is 25.1 Å². The summed E-state index contributed by atoms with van der Waals surface area (Å²) >= 11 is 0. The SMILES string of the molecule is NC(=NCc1cccc(N2CC=CC2)c1)NC1CCCCC1. The molecule has 4 nitrogen and oxygen atoms in total. The van der Waals surface area contributed by atoms with Crippen molar-refractivity contribution in [2.75, 3.05) is 18.0 Å². The maximum absolute atomic E-state index is 6.03. The predicted octanol–water partition coefficient (Wildman–Crippen LogP) is 2.80. The van der Waals surface area contributed by atoms with Gasteiger partial charge < -0.3 is 16.0 Å². The van der Waals surface area contributed by atoms with Gasteiger partial charge in [0.05, 0.1) is 6.54 Å². The zero-order valence-corrected chi connectivity index (χ0v) is 13.2. The monoisotopic (exact) mass is 298 g/mol. The highest BCUT2D eigenvalue weighted by Crippen LogP contribution is 2.19. The molecule has 22 heavy (non-hydrogen) atoms. The Morgan fingerprint density at radius 2 is 1.95 bits per heavy atom. The molecule has 0 radical (unpaired) electrons. The molecule has 1 aliphatic heterocycles. The average molecular weight is 298 g/mol. The molecule has 0 unspecified atom stereocenters. The minimum Gasteiger partial charge on any atom is -0.370 e. The molecule has 1 fully saturated rings. The quantitative estimate of drug-likeness (QED) is 0.510. The van der Waals surface area contributed by atoms with Gasteiger partial charge >= 0.3 is 0 Å². The number of anilines is 1. The maximum atomic E-state index is 6.03. The summed E-state index contributed by atoms with van der Waals surface area (Å²) in [6.07, 6.45) is 10.8. The predicted molar refractivity (Wildman–Crippen MR) is 93.1 cm³/mol. The Kier molecular flexibility index (Phi) is 4.99. The molecular formula is C18H26N4. The molecule has 0 amide bonds. The second-order valence-electron chi connectivity index (χ2n) is 6.23. The van der Waals surface area contributed by atoms with Crippen LogP contribution >= 0.6 is 0 Å². The summed E-state index contributed by atoms with van der Waals surface area (Å²) in [5, 5.41) is 3.37. The van der Waals surface area contributed by atoms with Crippen molar-refractivity contribution in [2.45, 2.75) is 44.7 Å². The van der Waals surface area contributed by atoms with E-state index in [1.165, 1.54) is 43.4 Å². The molecule has 0 saturated heterocycles. The molecule has 118 valence electrons. The second kappa shape index (κ2) is 7.34. The molecule has 4 heteroatoms.